The van der Waals surface area contributed by atoms with Gasteiger partial charge >= 0.3 is 0 Å². The lowest BCUT2D eigenvalue weighted by Gasteiger charge is -2.17. The van der Waals surface area contributed by atoms with Crippen LogP contribution in [0.15, 0.2) is 34.0 Å². The standard InChI is InChI=1S/C15H20N2OS2/c1-4-16-14(10-20-15-17-11(2)9-19-15)12-5-7-13(18-3)8-6-12/h5-9,14,16H,4,10H2,1-3H3. The predicted molar refractivity (Wildman–Crippen MR) is 87.0 cm³/mol. The van der Waals surface area contributed by atoms with Gasteiger partial charge in [0.1, 0.15) is 10.1 Å². The minimum atomic E-state index is 0.333. The molecule has 5 heteroatoms. The predicted octanol–water partition coefficient (Wildman–Crippen LogP) is 3.90. The molecule has 0 bridgehead atoms. The fourth-order valence-electron chi connectivity index (χ4n) is 1.91. The van der Waals surface area contributed by atoms with E-state index in [-0.39, 0.29) is 0 Å². The van der Waals surface area contributed by atoms with E-state index in [4.69, 9.17) is 4.74 Å². The topological polar surface area (TPSA) is 34.2 Å². The van der Waals surface area contributed by atoms with E-state index in [0.717, 1.165) is 28.1 Å². The van der Waals surface area contributed by atoms with E-state index in [1.54, 1.807) is 18.4 Å². The van der Waals surface area contributed by atoms with Crippen LogP contribution in [0.3, 0.4) is 0 Å². The largest absolute Gasteiger partial charge is 0.497 e. The molecule has 1 N–H and O–H groups in total. The highest BCUT2D eigenvalue weighted by Gasteiger charge is 2.12. The molecule has 1 heterocycles. The van der Waals surface area contributed by atoms with E-state index in [1.165, 1.54) is 5.56 Å². The number of aromatic nitrogens is 1. The number of nitrogens with one attached hydrogen (secondary N) is 1. The highest BCUT2D eigenvalue weighted by molar-refractivity contribution is 8.01. The molecule has 0 saturated carbocycles. The molecule has 1 unspecified atom stereocenters. The number of ether oxygens (including phenoxy) is 1. The van der Waals surface area contributed by atoms with Crippen LogP contribution in [0, 0.1) is 6.92 Å². The van der Waals surface area contributed by atoms with Gasteiger partial charge in [0, 0.05) is 22.9 Å². The maximum absolute atomic E-state index is 5.21. The summed E-state index contributed by atoms with van der Waals surface area (Å²) in [5, 5.41) is 5.62. The van der Waals surface area contributed by atoms with Crippen molar-refractivity contribution in [1.29, 1.82) is 0 Å². The zero-order valence-electron chi connectivity index (χ0n) is 12.1. The molecule has 0 saturated heterocycles. The van der Waals surface area contributed by atoms with Crippen LogP contribution in [0.25, 0.3) is 0 Å². The third-order valence-electron chi connectivity index (χ3n) is 2.94. The van der Waals surface area contributed by atoms with Gasteiger partial charge in [-0.05, 0) is 31.2 Å². The third-order valence-corrected chi connectivity index (χ3v) is 5.17. The fourth-order valence-corrected chi connectivity index (χ4v) is 3.88. The Morgan fingerprint density at radius 2 is 2.10 bits per heavy atom. The Labute approximate surface area is 128 Å². The van der Waals surface area contributed by atoms with E-state index in [2.05, 4.69) is 34.7 Å². The molecule has 0 aliphatic rings. The van der Waals surface area contributed by atoms with Crippen LogP contribution < -0.4 is 10.1 Å². The third kappa shape index (κ3) is 4.23. The number of thioether (sulfide) groups is 1. The van der Waals surface area contributed by atoms with Gasteiger partial charge in [-0.2, -0.15) is 0 Å². The van der Waals surface area contributed by atoms with Crippen molar-refractivity contribution in [3.63, 3.8) is 0 Å². The number of rotatable bonds is 7. The van der Waals surface area contributed by atoms with Crippen molar-refractivity contribution in [1.82, 2.24) is 10.3 Å². The summed E-state index contributed by atoms with van der Waals surface area (Å²) in [6.45, 7) is 5.12. The van der Waals surface area contributed by atoms with Gasteiger partial charge < -0.3 is 10.1 Å². The summed E-state index contributed by atoms with van der Waals surface area (Å²) in [4.78, 5) is 4.50. The molecule has 0 fully saturated rings. The number of hydrogen-bond donors (Lipinski definition) is 1. The summed E-state index contributed by atoms with van der Waals surface area (Å²) in [7, 11) is 1.69. The first kappa shape index (κ1) is 15.4. The Kier molecular flexibility index (Phi) is 5.88. The summed E-state index contributed by atoms with van der Waals surface area (Å²) in [6, 6.07) is 8.61. The normalized spacial score (nSPS) is 12.3. The Morgan fingerprint density at radius 1 is 1.35 bits per heavy atom. The molecule has 1 aromatic heterocycles. The highest BCUT2D eigenvalue weighted by atomic mass is 32.2. The molecule has 0 amide bonds. The number of methoxy groups -OCH3 is 1. The van der Waals surface area contributed by atoms with Crippen LogP contribution in [0.2, 0.25) is 0 Å². The van der Waals surface area contributed by atoms with Crippen molar-refractivity contribution in [3.05, 3.63) is 40.9 Å². The molecule has 20 heavy (non-hydrogen) atoms. The fraction of sp³-hybridized carbons (Fsp3) is 0.400. The number of hydrogen-bond acceptors (Lipinski definition) is 5. The van der Waals surface area contributed by atoms with Crippen molar-refractivity contribution in [2.45, 2.75) is 24.2 Å². The van der Waals surface area contributed by atoms with Gasteiger partial charge in [0.15, 0.2) is 0 Å². The van der Waals surface area contributed by atoms with E-state index in [9.17, 15) is 0 Å². The molecule has 1 atom stereocenters. The zero-order valence-corrected chi connectivity index (χ0v) is 13.7. The van der Waals surface area contributed by atoms with Crippen LogP contribution in [0.1, 0.15) is 24.2 Å². The Bertz CT molecular complexity index is 525. The lowest BCUT2D eigenvalue weighted by Crippen LogP contribution is -2.22. The Balaban J connectivity index is 2.01. The highest BCUT2D eigenvalue weighted by Crippen LogP contribution is 2.28. The van der Waals surface area contributed by atoms with Gasteiger partial charge in [0.25, 0.3) is 0 Å². The first-order valence-electron chi connectivity index (χ1n) is 6.65. The van der Waals surface area contributed by atoms with Crippen LogP contribution in [-0.4, -0.2) is 24.4 Å². The van der Waals surface area contributed by atoms with Gasteiger partial charge in [0.05, 0.1) is 7.11 Å². The average molecular weight is 308 g/mol. The molecule has 0 radical (unpaired) electrons. The quantitative estimate of drug-likeness (QED) is 0.787. The number of benzene rings is 1. The molecule has 108 valence electrons. The second-order valence-electron chi connectivity index (χ2n) is 4.45. The summed E-state index contributed by atoms with van der Waals surface area (Å²) < 4.78 is 6.34. The number of nitrogens with zero attached hydrogens (tertiary/aromatic N) is 1. The van der Waals surface area contributed by atoms with E-state index >= 15 is 0 Å². The Morgan fingerprint density at radius 3 is 2.65 bits per heavy atom. The molecule has 2 rings (SSSR count). The second kappa shape index (κ2) is 7.67. The molecular formula is C15H20N2OS2. The van der Waals surface area contributed by atoms with E-state index < -0.39 is 0 Å². The monoisotopic (exact) mass is 308 g/mol. The van der Waals surface area contributed by atoms with Crippen LogP contribution in [-0.2, 0) is 0 Å². The van der Waals surface area contributed by atoms with Crippen molar-refractivity contribution in [2.75, 3.05) is 19.4 Å². The van der Waals surface area contributed by atoms with Crippen molar-refractivity contribution in [2.24, 2.45) is 0 Å². The summed E-state index contributed by atoms with van der Waals surface area (Å²) in [5.74, 6) is 1.87. The van der Waals surface area contributed by atoms with Crippen molar-refractivity contribution >= 4 is 23.1 Å². The van der Waals surface area contributed by atoms with Gasteiger partial charge in [-0.25, -0.2) is 4.98 Å². The van der Waals surface area contributed by atoms with E-state index in [1.807, 2.05) is 30.8 Å². The van der Waals surface area contributed by atoms with Crippen LogP contribution in [0.5, 0.6) is 5.75 Å². The zero-order chi connectivity index (χ0) is 14.4. The lowest BCUT2D eigenvalue weighted by atomic mass is 10.1. The molecule has 0 aliphatic heterocycles. The summed E-state index contributed by atoms with van der Waals surface area (Å²) in [5.41, 5.74) is 2.38. The minimum absolute atomic E-state index is 0.333. The van der Waals surface area contributed by atoms with Crippen LogP contribution in [0.4, 0.5) is 0 Å². The minimum Gasteiger partial charge on any atom is -0.497 e. The molecule has 1 aromatic carbocycles. The van der Waals surface area contributed by atoms with Gasteiger partial charge in [-0.3, -0.25) is 0 Å². The lowest BCUT2D eigenvalue weighted by molar-refractivity contribution is 0.414. The maximum atomic E-state index is 5.21. The first-order chi connectivity index (χ1) is 9.72. The molecule has 0 aliphatic carbocycles. The first-order valence-corrected chi connectivity index (χ1v) is 8.51. The molecule has 0 spiro atoms. The second-order valence-corrected chi connectivity index (χ2v) is 6.57. The van der Waals surface area contributed by atoms with Gasteiger partial charge in [0.2, 0.25) is 0 Å². The Hall–Kier alpha value is -1.04. The summed E-state index contributed by atoms with van der Waals surface area (Å²) in [6.07, 6.45) is 0. The summed E-state index contributed by atoms with van der Waals surface area (Å²) >= 11 is 3.52. The number of aryl methyl sites for hydroxylation is 1. The smallest absolute Gasteiger partial charge is 0.150 e. The maximum Gasteiger partial charge on any atom is 0.150 e. The van der Waals surface area contributed by atoms with Crippen LogP contribution >= 0.6 is 23.1 Å². The number of thiazole rings is 1. The molecular weight excluding hydrogens is 288 g/mol. The SMILES string of the molecule is CCNC(CSc1nc(C)cs1)c1ccc(OC)cc1. The molecule has 3 nitrogen and oxygen atoms in total. The average Bonchev–Trinajstić information content (AvgIpc) is 2.89. The van der Waals surface area contributed by atoms with Crippen molar-refractivity contribution < 1.29 is 4.74 Å². The van der Waals surface area contributed by atoms with Gasteiger partial charge in [-0.1, -0.05) is 30.8 Å². The van der Waals surface area contributed by atoms with E-state index in [0.29, 0.717) is 6.04 Å². The van der Waals surface area contributed by atoms with Gasteiger partial charge in [-0.15, -0.1) is 11.3 Å². The molecule has 2 aromatic rings. The van der Waals surface area contributed by atoms with Crippen molar-refractivity contribution in [3.8, 4) is 5.75 Å².